The van der Waals surface area contributed by atoms with Gasteiger partial charge in [-0.25, -0.2) is 0 Å². The maximum absolute atomic E-state index is 4.06. The summed E-state index contributed by atoms with van der Waals surface area (Å²) in [5.41, 5.74) is 0. The summed E-state index contributed by atoms with van der Waals surface area (Å²) in [6.07, 6.45) is 8.50. The standard InChI is InChI=1S/C8H15.CH3.W/c1-8-6-4-2-3-5-7-8;;/h8H,1-7H2;1H3;/q2*-1;+2. The summed E-state index contributed by atoms with van der Waals surface area (Å²) < 4.78 is 0. The van der Waals surface area contributed by atoms with E-state index in [-0.39, 0.29) is 28.5 Å². The van der Waals surface area contributed by atoms with E-state index in [9.17, 15) is 0 Å². The van der Waals surface area contributed by atoms with E-state index in [4.69, 9.17) is 0 Å². The van der Waals surface area contributed by atoms with E-state index >= 15 is 0 Å². The van der Waals surface area contributed by atoms with Gasteiger partial charge in [-0.3, -0.25) is 0 Å². The minimum Gasteiger partial charge on any atom is -0.358 e. The number of hydrogen-bond acceptors (Lipinski definition) is 0. The molecule has 0 heterocycles. The molecule has 0 nitrogen and oxygen atoms in total. The third-order valence-electron chi connectivity index (χ3n) is 1.97. The Balaban J connectivity index is 0. The molecule has 0 aromatic rings. The Hall–Kier alpha value is 0.688. The summed E-state index contributed by atoms with van der Waals surface area (Å²) in [7, 11) is 0. The van der Waals surface area contributed by atoms with Gasteiger partial charge >= 0.3 is 21.1 Å². The molecule has 0 radical (unpaired) electrons. The van der Waals surface area contributed by atoms with Gasteiger partial charge in [-0.15, -0.1) is 0 Å². The van der Waals surface area contributed by atoms with E-state index in [0.717, 1.165) is 5.92 Å². The van der Waals surface area contributed by atoms with E-state index < -0.39 is 0 Å². The maximum atomic E-state index is 4.06. The van der Waals surface area contributed by atoms with Crippen LogP contribution in [0.25, 0.3) is 0 Å². The maximum Gasteiger partial charge on any atom is 2.00 e. The molecule has 60 valence electrons. The van der Waals surface area contributed by atoms with Gasteiger partial charge in [0.1, 0.15) is 0 Å². The fourth-order valence-electron chi connectivity index (χ4n) is 1.36. The molecule has 0 bridgehead atoms. The Morgan fingerprint density at radius 2 is 1.30 bits per heavy atom. The molecule has 0 saturated heterocycles. The predicted octanol–water partition coefficient (Wildman–Crippen LogP) is 3.24. The topological polar surface area (TPSA) is 0 Å². The van der Waals surface area contributed by atoms with Gasteiger partial charge in [0, 0.05) is 0 Å². The predicted molar refractivity (Wildman–Crippen MR) is 43.0 cm³/mol. The van der Waals surface area contributed by atoms with Crippen molar-refractivity contribution in [3.05, 3.63) is 14.4 Å². The monoisotopic (exact) mass is 310 g/mol. The van der Waals surface area contributed by atoms with Gasteiger partial charge in [0.2, 0.25) is 0 Å². The van der Waals surface area contributed by atoms with Gasteiger partial charge < -0.3 is 14.4 Å². The van der Waals surface area contributed by atoms with Crippen LogP contribution >= 0.6 is 0 Å². The van der Waals surface area contributed by atoms with Crippen molar-refractivity contribution in [1.82, 2.24) is 0 Å². The molecule has 1 aliphatic carbocycles. The number of rotatable bonds is 0. The summed E-state index contributed by atoms with van der Waals surface area (Å²) in [4.78, 5) is 0. The smallest absolute Gasteiger partial charge is 0.358 e. The van der Waals surface area contributed by atoms with Crippen molar-refractivity contribution in [1.29, 1.82) is 0 Å². The minimum absolute atomic E-state index is 0. The molecule has 0 spiro atoms. The second kappa shape index (κ2) is 7.79. The van der Waals surface area contributed by atoms with Crippen molar-refractivity contribution in [3.8, 4) is 0 Å². The van der Waals surface area contributed by atoms with Crippen LogP contribution in [0.5, 0.6) is 0 Å². The summed E-state index contributed by atoms with van der Waals surface area (Å²) in [6.45, 7) is 4.06. The first-order chi connectivity index (χ1) is 3.89. The first kappa shape index (κ1) is 13.3. The normalized spacial score (nSPS) is 20.1. The summed E-state index contributed by atoms with van der Waals surface area (Å²) in [6, 6.07) is 0. The molecule has 10 heavy (non-hydrogen) atoms. The zero-order valence-corrected chi connectivity index (χ0v) is 9.87. The second-order valence-electron chi connectivity index (χ2n) is 2.86. The van der Waals surface area contributed by atoms with Gasteiger partial charge in [-0.05, 0) is 0 Å². The van der Waals surface area contributed by atoms with Crippen LogP contribution in [0.1, 0.15) is 38.5 Å². The molecule has 0 aromatic carbocycles. The molecule has 1 fully saturated rings. The van der Waals surface area contributed by atoms with Crippen molar-refractivity contribution in [2.75, 3.05) is 0 Å². The molecular formula is C9H18W. The van der Waals surface area contributed by atoms with Gasteiger partial charge in [0.15, 0.2) is 0 Å². The van der Waals surface area contributed by atoms with Gasteiger partial charge in [-0.2, -0.15) is 5.92 Å². The SMILES string of the molecule is [CH2-]C1CCCCCC1.[CH3-].[W+2]. The van der Waals surface area contributed by atoms with Crippen LogP contribution in [0.4, 0.5) is 0 Å². The minimum atomic E-state index is 0. The van der Waals surface area contributed by atoms with Crippen LogP contribution in [0.3, 0.4) is 0 Å². The zero-order valence-electron chi connectivity index (χ0n) is 6.94. The van der Waals surface area contributed by atoms with Gasteiger partial charge in [0.05, 0.1) is 0 Å². The van der Waals surface area contributed by atoms with Crippen molar-refractivity contribution in [2.24, 2.45) is 5.92 Å². The molecule has 1 saturated carbocycles. The molecule has 1 rings (SSSR count). The van der Waals surface area contributed by atoms with Crippen molar-refractivity contribution in [2.45, 2.75) is 38.5 Å². The fourth-order valence-corrected chi connectivity index (χ4v) is 1.36. The third kappa shape index (κ3) is 5.47. The van der Waals surface area contributed by atoms with Gasteiger partial charge in [-0.1, -0.05) is 38.5 Å². The largest absolute Gasteiger partial charge is 2.00 e. The van der Waals surface area contributed by atoms with Crippen LogP contribution in [0.2, 0.25) is 0 Å². The molecule has 0 aromatic heterocycles. The summed E-state index contributed by atoms with van der Waals surface area (Å²) >= 11 is 0. The quantitative estimate of drug-likeness (QED) is 0.476. The zero-order chi connectivity index (χ0) is 5.82. The van der Waals surface area contributed by atoms with E-state index in [2.05, 4.69) is 6.92 Å². The van der Waals surface area contributed by atoms with Crippen LogP contribution in [0.15, 0.2) is 0 Å². The Morgan fingerprint density at radius 1 is 0.900 bits per heavy atom. The molecule has 0 atom stereocenters. The van der Waals surface area contributed by atoms with Crippen molar-refractivity contribution < 1.29 is 21.1 Å². The molecule has 0 N–H and O–H groups in total. The van der Waals surface area contributed by atoms with E-state index in [1.807, 2.05) is 0 Å². The Labute approximate surface area is 80.0 Å². The van der Waals surface area contributed by atoms with E-state index in [1.54, 1.807) is 0 Å². The summed E-state index contributed by atoms with van der Waals surface area (Å²) in [5.74, 6) is 0.775. The van der Waals surface area contributed by atoms with E-state index in [0.29, 0.717) is 0 Å². The first-order valence-electron chi connectivity index (χ1n) is 3.72. The number of hydrogen-bond donors (Lipinski definition) is 0. The van der Waals surface area contributed by atoms with Crippen molar-refractivity contribution >= 4 is 0 Å². The molecule has 1 aliphatic rings. The Kier molecular flexibility index (Phi) is 10.4. The Morgan fingerprint density at radius 3 is 1.70 bits per heavy atom. The molecule has 1 heteroatoms. The Bertz CT molecular complexity index is 53.7. The average molecular weight is 310 g/mol. The third-order valence-corrected chi connectivity index (χ3v) is 1.97. The van der Waals surface area contributed by atoms with Crippen LogP contribution < -0.4 is 0 Å². The second-order valence-corrected chi connectivity index (χ2v) is 2.86. The fraction of sp³-hybridized carbons (Fsp3) is 0.778. The first-order valence-corrected chi connectivity index (χ1v) is 3.72. The van der Waals surface area contributed by atoms with Crippen LogP contribution in [-0.2, 0) is 21.1 Å². The van der Waals surface area contributed by atoms with Crippen LogP contribution in [-0.4, -0.2) is 0 Å². The van der Waals surface area contributed by atoms with Crippen molar-refractivity contribution in [3.63, 3.8) is 0 Å². The van der Waals surface area contributed by atoms with E-state index in [1.165, 1.54) is 38.5 Å². The molecule has 0 unspecified atom stereocenters. The van der Waals surface area contributed by atoms with Crippen LogP contribution in [0, 0.1) is 20.3 Å². The molecule has 0 amide bonds. The average Bonchev–Trinajstić information content (AvgIpc) is 1.94. The molecule has 0 aliphatic heterocycles. The summed E-state index contributed by atoms with van der Waals surface area (Å²) in [5, 5.41) is 0. The van der Waals surface area contributed by atoms with Gasteiger partial charge in [0.25, 0.3) is 0 Å². The molecular weight excluding hydrogens is 292 g/mol.